The molecule has 0 unspecified atom stereocenters. The highest BCUT2D eigenvalue weighted by Gasteiger charge is 2.24. The van der Waals surface area contributed by atoms with Gasteiger partial charge in [0.2, 0.25) is 0 Å². The van der Waals surface area contributed by atoms with Gasteiger partial charge in [-0.15, -0.1) is 0 Å². The van der Waals surface area contributed by atoms with E-state index in [0.29, 0.717) is 11.5 Å². The highest BCUT2D eigenvalue weighted by molar-refractivity contribution is 6.36. The van der Waals surface area contributed by atoms with E-state index in [1.54, 1.807) is 0 Å². The Morgan fingerprint density at radius 3 is 1.38 bits per heavy atom. The van der Waals surface area contributed by atoms with Crippen LogP contribution in [0.3, 0.4) is 0 Å². The minimum atomic E-state index is 0.460. The number of allylic oxidation sites excluding steroid dienone is 1. The molecule has 8 aromatic carbocycles. The Bertz CT molecular complexity index is 3020. The number of benzene rings is 8. The van der Waals surface area contributed by atoms with Crippen LogP contribution in [0.15, 0.2) is 224 Å². The molecule has 0 bridgehead atoms. The van der Waals surface area contributed by atoms with E-state index in [-0.39, 0.29) is 0 Å². The van der Waals surface area contributed by atoms with Crippen LogP contribution in [-0.2, 0) is 0 Å². The fourth-order valence-electron chi connectivity index (χ4n) is 8.03. The number of rotatable bonds is 9. The van der Waals surface area contributed by atoms with E-state index in [4.69, 9.17) is 9.97 Å². The van der Waals surface area contributed by atoms with Crippen molar-refractivity contribution in [3.63, 3.8) is 0 Å². The molecule has 1 aromatic heterocycles. The van der Waals surface area contributed by atoms with Gasteiger partial charge in [0, 0.05) is 39.1 Å². The molecular formula is C57H40N4. The van der Waals surface area contributed by atoms with E-state index in [2.05, 4.69) is 145 Å². The summed E-state index contributed by atoms with van der Waals surface area (Å²) in [5, 5.41) is 13.4. The largest absolute Gasteiger partial charge is 0.354 e. The second-order valence-corrected chi connectivity index (χ2v) is 15.1. The molecule has 10 rings (SSSR count). The maximum absolute atomic E-state index is 9.60. The van der Waals surface area contributed by atoms with E-state index < -0.39 is 0 Å². The smallest absolute Gasteiger partial charge is 0.160 e. The molecular weight excluding hydrogens is 741 g/mol. The summed E-state index contributed by atoms with van der Waals surface area (Å²) in [6.45, 7) is 0. The van der Waals surface area contributed by atoms with Gasteiger partial charge in [0.05, 0.1) is 22.8 Å². The molecule has 288 valence electrons. The number of aromatic nitrogens is 2. The fraction of sp³-hybridized carbons (Fsp3) is 0. The first-order valence-corrected chi connectivity index (χ1v) is 20.5. The van der Waals surface area contributed by atoms with Gasteiger partial charge in [-0.2, -0.15) is 0 Å². The standard InChI is InChI=1S/C57H40N4/c58-55(43-26-14-5-15-27-43)54(42-24-12-4-13-25-42)56-50-33-32-47(36-49(50)37-51(59-56)39-18-6-1-7-19-39)45-29-16-28-44(34-45)46-30-17-31-48(35-46)57-60-52(40-20-8-2-9-21-40)38-53(61-57)41-22-10-3-11-23-41/h1-38,58-59H/b56-54-,58-55?. The van der Waals surface area contributed by atoms with Crippen LogP contribution in [0.25, 0.3) is 79.2 Å². The molecule has 4 heteroatoms. The van der Waals surface area contributed by atoms with Crippen LogP contribution in [0.2, 0.25) is 0 Å². The van der Waals surface area contributed by atoms with E-state index in [9.17, 15) is 5.41 Å². The Morgan fingerprint density at radius 2 is 0.820 bits per heavy atom. The normalized spacial score (nSPS) is 12.8. The summed E-state index contributed by atoms with van der Waals surface area (Å²) in [4.78, 5) is 10.2. The summed E-state index contributed by atoms with van der Waals surface area (Å²) >= 11 is 0. The van der Waals surface area contributed by atoms with Crippen molar-refractivity contribution in [2.45, 2.75) is 0 Å². The minimum Gasteiger partial charge on any atom is -0.354 e. The number of fused-ring (bicyclic) bond motifs is 1. The lowest BCUT2D eigenvalue weighted by Crippen LogP contribution is -2.20. The van der Waals surface area contributed by atoms with Crippen LogP contribution in [-0.4, -0.2) is 15.7 Å². The van der Waals surface area contributed by atoms with Gasteiger partial charge < -0.3 is 5.32 Å². The Labute approximate surface area is 356 Å². The molecule has 1 aliphatic heterocycles. The topological polar surface area (TPSA) is 61.7 Å². The van der Waals surface area contributed by atoms with E-state index in [1.807, 2.05) is 91.0 Å². The van der Waals surface area contributed by atoms with Crippen LogP contribution in [0, 0.1) is 5.41 Å². The molecule has 0 aliphatic carbocycles. The van der Waals surface area contributed by atoms with E-state index in [1.165, 1.54) is 0 Å². The summed E-state index contributed by atoms with van der Waals surface area (Å²) in [7, 11) is 0. The number of hydrogen-bond donors (Lipinski definition) is 2. The third kappa shape index (κ3) is 7.74. The minimum absolute atomic E-state index is 0.460. The van der Waals surface area contributed by atoms with Crippen molar-refractivity contribution in [2.24, 2.45) is 0 Å². The van der Waals surface area contributed by atoms with Crippen molar-refractivity contribution in [1.29, 1.82) is 5.41 Å². The highest BCUT2D eigenvalue weighted by Crippen LogP contribution is 2.39. The Morgan fingerprint density at radius 1 is 0.377 bits per heavy atom. The Hall–Kier alpha value is -8.21. The quantitative estimate of drug-likeness (QED) is 0.143. The first-order chi connectivity index (χ1) is 30.1. The van der Waals surface area contributed by atoms with Gasteiger partial charge in [-0.3, -0.25) is 5.41 Å². The molecule has 1 aliphatic rings. The van der Waals surface area contributed by atoms with Crippen LogP contribution in [0.5, 0.6) is 0 Å². The van der Waals surface area contributed by atoms with Gasteiger partial charge >= 0.3 is 0 Å². The van der Waals surface area contributed by atoms with Crippen molar-refractivity contribution in [3.05, 3.63) is 252 Å². The molecule has 61 heavy (non-hydrogen) atoms. The highest BCUT2D eigenvalue weighted by atomic mass is 14.9. The van der Waals surface area contributed by atoms with Gasteiger partial charge in [-0.25, -0.2) is 9.97 Å². The summed E-state index contributed by atoms with van der Waals surface area (Å²) in [5.74, 6) is 0.682. The molecule has 0 atom stereocenters. The number of hydrogen-bond acceptors (Lipinski definition) is 4. The summed E-state index contributed by atoms with van der Waals surface area (Å²) < 4.78 is 0. The number of nitrogens with zero attached hydrogens (tertiary/aromatic N) is 2. The zero-order valence-electron chi connectivity index (χ0n) is 33.3. The molecule has 0 amide bonds. The second kappa shape index (κ2) is 16.6. The van der Waals surface area contributed by atoms with Crippen LogP contribution >= 0.6 is 0 Å². The average Bonchev–Trinajstić information content (AvgIpc) is 3.35. The lowest BCUT2D eigenvalue weighted by atomic mass is 9.86. The first-order valence-electron chi connectivity index (χ1n) is 20.5. The molecule has 0 radical (unpaired) electrons. The van der Waals surface area contributed by atoms with Gasteiger partial charge in [-0.05, 0) is 69.3 Å². The second-order valence-electron chi connectivity index (χ2n) is 15.1. The molecule has 0 spiro atoms. The monoisotopic (exact) mass is 780 g/mol. The molecule has 0 saturated carbocycles. The predicted molar refractivity (Wildman–Crippen MR) is 253 cm³/mol. The molecule has 0 fully saturated rings. The molecule has 9 aromatic rings. The average molecular weight is 781 g/mol. The lowest BCUT2D eigenvalue weighted by molar-refractivity contribution is 1.18. The Kier molecular flexibility index (Phi) is 10.1. The Balaban J connectivity index is 1.06. The summed E-state index contributed by atoms with van der Waals surface area (Å²) in [6, 6.07) is 77.2. The maximum atomic E-state index is 9.60. The molecule has 0 saturated heterocycles. The third-order valence-electron chi connectivity index (χ3n) is 11.1. The fourth-order valence-corrected chi connectivity index (χ4v) is 8.03. The van der Waals surface area contributed by atoms with Crippen molar-refractivity contribution < 1.29 is 0 Å². The van der Waals surface area contributed by atoms with Gasteiger partial charge in [0.1, 0.15) is 0 Å². The van der Waals surface area contributed by atoms with Gasteiger partial charge in [-0.1, -0.05) is 200 Å². The zero-order valence-corrected chi connectivity index (χ0v) is 33.3. The van der Waals surface area contributed by atoms with Crippen LogP contribution in [0.1, 0.15) is 27.8 Å². The molecule has 2 N–H and O–H groups in total. The zero-order chi connectivity index (χ0) is 41.0. The summed E-state index contributed by atoms with van der Waals surface area (Å²) in [5.41, 5.74) is 17.4. The van der Waals surface area contributed by atoms with Crippen molar-refractivity contribution >= 4 is 28.8 Å². The maximum Gasteiger partial charge on any atom is 0.160 e. The third-order valence-corrected chi connectivity index (χ3v) is 11.1. The lowest BCUT2D eigenvalue weighted by Gasteiger charge is -2.26. The van der Waals surface area contributed by atoms with Crippen molar-refractivity contribution in [1.82, 2.24) is 15.3 Å². The summed E-state index contributed by atoms with van der Waals surface area (Å²) in [6.07, 6.45) is 2.23. The first kappa shape index (κ1) is 37.1. The van der Waals surface area contributed by atoms with E-state index >= 15 is 0 Å². The van der Waals surface area contributed by atoms with Gasteiger partial charge in [0.25, 0.3) is 0 Å². The van der Waals surface area contributed by atoms with Gasteiger partial charge in [0.15, 0.2) is 5.82 Å². The van der Waals surface area contributed by atoms with Crippen LogP contribution < -0.4 is 5.32 Å². The van der Waals surface area contributed by atoms with Crippen LogP contribution in [0.4, 0.5) is 0 Å². The van der Waals surface area contributed by atoms with Crippen molar-refractivity contribution in [2.75, 3.05) is 0 Å². The van der Waals surface area contributed by atoms with E-state index in [0.717, 1.165) is 95.1 Å². The molecule has 2 heterocycles. The number of nitrogens with one attached hydrogen (secondary N) is 2. The molecule has 4 nitrogen and oxygen atoms in total. The predicted octanol–water partition coefficient (Wildman–Crippen LogP) is 13.8. The SMILES string of the molecule is N=C(/C(=C1\NC(c2ccccc2)=Cc2cc(-c3cccc(-c4cccc(-c5nc(-c6ccccc6)cc(-c6ccccc6)n5)c4)c3)ccc21)c1ccccc1)c1ccccc1. The van der Waals surface area contributed by atoms with Crippen molar-refractivity contribution in [3.8, 4) is 56.2 Å².